The van der Waals surface area contributed by atoms with Gasteiger partial charge >= 0.3 is 5.97 Å². The first-order chi connectivity index (χ1) is 9.48. The van der Waals surface area contributed by atoms with Crippen LogP contribution in [0.15, 0.2) is 18.5 Å². The third-order valence-corrected chi connectivity index (χ3v) is 4.32. The van der Waals surface area contributed by atoms with Gasteiger partial charge in [-0.15, -0.1) is 0 Å². The van der Waals surface area contributed by atoms with E-state index in [0.29, 0.717) is 19.4 Å². The summed E-state index contributed by atoms with van der Waals surface area (Å²) in [4.78, 5) is 17.6. The number of hydrogen-bond donors (Lipinski definition) is 1. The second-order valence-corrected chi connectivity index (χ2v) is 5.67. The molecule has 1 fully saturated rings. The van der Waals surface area contributed by atoms with Crippen LogP contribution >= 0.6 is 0 Å². The zero-order valence-corrected chi connectivity index (χ0v) is 12.0. The number of carbonyl (C=O) groups is 1. The molecule has 1 N–H and O–H groups in total. The van der Waals surface area contributed by atoms with Crippen molar-refractivity contribution in [3.63, 3.8) is 0 Å². The predicted octanol–water partition coefficient (Wildman–Crippen LogP) is 2.86. The zero-order valence-electron chi connectivity index (χ0n) is 12.0. The van der Waals surface area contributed by atoms with E-state index in [1.807, 2.05) is 13.8 Å². The summed E-state index contributed by atoms with van der Waals surface area (Å²) >= 11 is 0. The highest BCUT2D eigenvalue weighted by molar-refractivity contribution is 5.75. The van der Waals surface area contributed by atoms with Gasteiger partial charge in [0.05, 0.1) is 11.6 Å². The number of nitrogens with zero attached hydrogens (tertiary/aromatic N) is 2. The third kappa shape index (κ3) is 2.82. The number of pyridine rings is 1. The summed E-state index contributed by atoms with van der Waals surface area (Å²) in [6.07, 6.45) is 5.03. The fourth-order valence-electron chi connectivity index (χ4n) is 3.07. The molecule has 2 rings (SSSR count). The molecule has 1 aromatic heterocycles. The maximum atomic E-state index is 13.2. The average molecular weight is 280 g/mol. The topological polar surface area (TPSA) is 53.4 Å². The second-order valence-electron chi connectivity index (χ2n) is 5.67. The molecule has 110 valence electrons. The van der Waals surface area contributed by atoms with Crippen molar-refractivity contribution < 1.29 is 14.3 Å². The van der Waals surface area contributed by atoms with Crippen LogP contribution in [0, 0.1) is 11.2 Å². The van der Waals surface area contributed by atoms with E-state index in [1.165, 1.54) is 12.3 Å². The summed E-state index contributed by atoms with van der Waals surface area (Å²) in [5.41, 5.74) is 0.145. The van der Waals surface area contributed by atoms with Gasteiger partial charge in [-0.05, 0) is 37.9 Å². The van der Waals surface area contributed by atoms with Crippen LogP contribution in [-0.4, -0.2) is 34.0 Å². The summed E-state index contributed by atoms with van der Waals surface area (Å²) in [6, 6.07) is 1.45. The quantitative estimate of drug-likeness (QED) is 0.901. The number of likely N-dealkylation sites (tertiary alicyclic amines) is 1. The minimum Gasteiger partial charge on any atom is -0.481 e. The van der Waals surface area contributed by atoms with Crippen molar-refractivity contribution in [1.29, 1.82) is 0 Å². The van der Waals surface area contributed by atoms with Gasteiger partial charge in [0.1, 0.15) is 5.82 Å². The smallest absolute Gasteiger partial charge is 0.310 e. The van der Waals surface area contributed by atoms with Crippen LogP contribution in [0.4, 0.5) is 4.39 Å². The molecular formula is C15H21FN2O2. The Hall–Kier alpha value is -1.49. The van der Waals surface area contributed by atoms with Gasteiger partial charge in [0, 0.05) is 18.8 Å². The van der Waals surface area contributed by atoms with Crippen molar-refractivity contribution in [3.05, 3.63) is 29.8 Å². The number of carboxylic acid groups (broad SMARTS) is 1. The van der Waals surface area contributed by atoms with E-state index in [1.54, 1.807) is 6.20 Å². The molecule has 0 amide bonds. The van der Waals surface area contributed by atoms with Crippen molar-refractivity contribution in [2.24, 2.45) is 5.41 Å². The first kappa shape index (κ1) is 14.9. The number of aliphatic carboxylic acids is 1. The molecule has 20 heavy (non-hydrogen) atoms. The number of rotatable bonds is 5. The Kier molecular flexibility index (Phi) is 4.38. The largest absolute Gasteiger partial charge is 0.481 e. The molecule has 5 heteroatoms. The van der Waals surface area contributed by atoms with E-state index in [-0.39, 0.29) is 11.9 Å². The van der Waals surface area contributed by atoms with Crippen molar-refractivity contribution >= 4 is 5.97 Å². The number of halogens is 1. The van der Waals surface area contributed by atoms with E-state index >= 15 is 0 Å². The minimum atomic E-state index is -0.716. The molecule has 1 aliphatic heterocycles. The van der Waals surface area contributed by atoms with Crippen LogP contribution in [0.3, 0.4) is 0 Å². The molecule has 0 aliphatic carbocycles. The SMILES string of the molecule is CCCC1(C(=O)O)CCN(C(C)c2cncc(F)c2)C1. The molecule has 2 atom stereocenters. The maximum absolute atomic E-state index is 13.2. The van der Waals surface area contributed by atoms with Crippen LogP contribution in [0.1, 0.15) is 44.7 Å². The molecule has 0 bridgehead atoms. The van der Waals surface area contributed by atoms with Crippen molar-refractivity contribution in [2.45, 2.75) is 39.2 Å². The molecule has 2 unspecified atom stereocenters. The lowest BCUT2D eigenvalue weighted by Gasteiger charge is -2.28. The highest BCUT2D eigenvalue weighted by atomic mass is 19.1. The minimum absolute atomic E-state index is 0.0173. The van der Waals surface area contributed by atoms with E-state index in [9.17, 15) is 14.3 Å². The van der Waals surface area contributed by atoms with E-state index < -0.39 is 11.4 Å². The molecule has 1 saturated heterocycles. The summed E-state index contributed by atoms with van der Waals surface area (Å²) in [7, 11) is 0. The number of carboxylic acids is 1. The van der Waals surface area contributed by atoms with E-state index in [0.717, 1.165) is 18.5 Å². The Balaban J connectivity index is 2.14. The lowest BCUT2D eigenvalue weighted by Crippen LogP contribution is -2.35. The van der Waals surface area contributed by atoms with Crippen LogP contribution in [0.5, 0.6) is 0 Å². The second kappa shape index (κ2) is 5.87. The highest BCUT2D eigenvalue weighted by Gasteiger charge is 2.45. The Morgan fingerprint density at radius 2 is 2.35 bits per heavy atom. The molecule has 0 radical (unpaired) electrons. The number of aromatic nitrogens is 1. The standard InChI is InChI=1S/C15H21FN2O2/c1-3-4-15(14(19)20)5-6-18(10-15)11(2)12-7-13(16)9-17-8-12/h7-9,11H,3-6,10H2,1-2H3,(H,19,20). The first-order valence-electron chi connectivity index (χ1n) is 7.06. The molecule has 4 nitrogen and oxygen atoms in total. The van der Waals surface area contributed by atoms with Gasteiger partial charge in [-0.1, -0.05) is 13.3 Å². The molecule has 0 spiro atoms. The van der Waals surface area contributed by atoms with Gasteiger partial charge in [-0.3, -0.25) is 14.7 Å². The predicted molar refractivity (Wildman–Crippen MR) is 73.8 cm³/mol. The Labute approximate surface area is 118 Å². The molecule has 1 aromatic rings. The van der Waals surface area contributed by atoms with Crippen molar-refractivity contribution in [3.8, 4) is 0 Å². The van der Waals surface area contributed by atoms with Gasteiger partial charge in [0.25, 0.3) is 0 Å². The van der Waals surface area contributed by atoms with Gasteiger partial charge in [-0.2, -0.15) is 0 Å². The molecule has 2 heterocycles. The van der Waals surface area contributed by atoms with Gasteiger partial charge in [-0.25, -0.2) is 4.39 Å². The molecule has 0 aromatic carbocycles. The Morgan fingerprint density at radius 3 is 2.95 bits per heavy atom. The van der Waals surface area contributed by atoms with Crippen LogP contribution in [0.2, 0.25) is 0 Å². The van der Waals surface area contributed by atoms with Gasteiger partial charge in [0.15, 0.2) is 0 Å². The summed E-state index contributed by atoms with van der Waals surface area (Å²) < 4.78 is 13.2. The van der Waals surface area contributed by atoms with E-state index in [4.69, 9.17) is 0 Å². The lowest BCUT2D eigenvalue weighted by atomic mass is 9.82. The molecule has 0 saturated carbocycles. The summed E-state index contributed by atoms with van der Waals surface area (Å²) in [6.45, 7) is 5.23. The van der Waals surface area contributed by atoms with Crippen molar-refractivity contribution in [1.82, 2.24) is 9.88 Å². The van der Waals surface area contributed by atoms with Gasteiger partial charge in [0.2, 0.25) is 0 Å². The Morgan fingerprint density at radius 1 is 1.60 bits per heavy atom. The van der Waals surface area contributed by atoms with Crippen LogP contribution in [-0.2, 0) is 4.79 Å². The highest BCUT2D eigenvalue weighted by Crippen LogP contribution is 2.39. The summed E-state index contributed by atoms with van der Waals surface area (Å²) in [5, 5.41) is 9.51. The summed E-state index contributed by atoms with van der Waals surface area (Å²) in [5.74, 6) is -1.07. The maximum Gasteiger partial charge on any atom is 0.310 e. The van der Waals surface area contributed by atoms with Gasteiger partial charge < -0.3 is 5.11 Å². The lowest BCUT2D eigenvalue weighted by molar-refractivity contribution is -0.148. The normalized spacial score (nSPS) is 24.8. The van der Waals surface area contributed by atoms with Crippen molar-refractivity contribution in [2.75, 3.05) is 13.1 Å². The Bertz CT molecular complexity index is 495. The molecule has 1 aliphatic rings. The fourth-order valence-corrected chi connectivity index (χ4v) is 3.07. The first-order valence-corrected chi connectivity index (χ1v) is 7.06. The van der Waals surface area contributed by atoms with Crippen LogP contribution < -0.4 is 0 Å². The fraction of sp³-hybridized carbons (Fsp3) is 0.600. The zero-order chi connectivity index (χ0) is 14.8. The average Bonchev–Trinajstić information content (AvgIpc) is 2.84. The third-order valence-electron chi connectivity index (χ3n) is 4.32. The monoisotopic (exact) mass is 280 g/mol. The van der Waals surface area contributed by atoms with E-state index in [2.05, 4.69) is 9.88 Å². The molecular weight excluding hydrogens is 259 g/mol. The van der Waals surface area contributed by atoms with Crippen LogP contribution in [0.25, 0.3) is 0 Å². The number of hydrogen-bond acceptors (Lipinski definition) is 3.